The van der Waals surface area contributed by atoms with E-state index in [9.17, 15) is 19.1 Å². The van der Waals surface area contributed by atoms with Crippen LogP contribution in [0.3, 0.4) is 0 Å². The van der Waals surface area contributed by atoms with Gasteiger partial charge in [0.25, 0.3) is 0 Å². The van der Waals surface area contributed by atoms with Gasteiger partial charge in [-0.1, -0.05) is 6.07 Å². The molecule has 0 spiro atoms. The van der Waals surface area contributed by atoms with Gasteiger partial charge < -0.3 is 20.1 Å². The molecule has 7 heteroatoms. The Bertz CT molecular complexity index is 596. The van der Waals surface area contributed by atoms with Gasteiger partial charge in [-0.3, -0.25) is 9.59 Å². The molecule has 0 heterocycles. The van der Waals surface area contributed by atoms with E-state index < -0.39 is 24.1 Å². The number of aliphatic hydroxyl groups is 1. The van der Waals surface area contributed by atoms with Crippen LogP contribution in [0, 0.1) is 5.82 Å². The molecular weight excluding hydrogens is 315 g/mol. The third-order valence-electron chi connectivity index (χ3n) is 4.23. The Kier molecular flexibility index (Phi) is 6.14. The summed E-state index contributed by atoms with van der Waals surface area (Å²) in [6.07, 6.45) is 0.656. The number of halogens is 1. The van der Waals surface area contributed by atoms with Crippen LogP contribution < -0.4 is 10.1 Å². The molecule has 132 valence electrons. The number of hydrogen-bond donors (Lipinski definition) is 2. The minimum absolute atomic E-state index is 0.107. The van der Waals surface area contributed by atoms with Crippen molar-refractivity contribution >= 4 is 11.8 Å². The highest BCUT2D eigenvalue weighted by Crippen LogP contribution is 2.27. The van der Waals surface area contributed by atoms with Crippen molar-refractivity contribution < 1.29 is 23.8 Å². The van der Waals surface area contributed by atoms with Gasteiger partial charge in [0.15, 0.2) is 0 Å². The van der Waals surface area contributed by atoms with Crippen LogP contribution in [0.4, 0.5) is 4.39 Å². The standard InChI is InChI=1S/C17H23FN2O4/c1-11(21)19-10-16(22)20(2)14-7-4-8-15(17(14)23)24-13-6-3-5-12(18)9-13/h3,5-6,9,14-15,17,23H,4,7-8,10H2,1-2H3,(H,19,21)/t14-,15+,17+/m1/s1. The van der Waals surface area contributed by atoms with E-state index >= 15 is 0 Å². The monoisotopic (exact) mass is 338 g/mol. The van der Waals surface area contributed by atoms with E-state index in [1.54, 1.807) is 19.2 Å². The van der Waals surface area contributed by atoms with Crippen molar-refractivity contribution in [2.75, 3.05) is 13.6 Å². The van der Waals surface area contributed by atoms with Crippen molar-refractivity contribution in [2.24, 2.45) is 0 Å². The third kappa shape index (κ3) is 4.67. The van der Waals surface area contributed by atoms with Crippen molar-refractivity contribution in [2.45, 2.75) is 44.4 Å². The van der Waals surface area contributed by atoms with E-state index in [1.807, 2.05) is 0 Å². The number of nitrogens with zero attached hydrogens (tertiary/aromatic N) is 1. The Morgan fingerprint density at radius 3 is 2.83 bits per heavy atom. The highest BCUT2D eigenvalue weighted by atomic mass is 19.1. The number of hydrogen-bond acceptors (Lipinski definition) is 4. The first-order chi connectivity index (χ1) is 11.4. The lowest BCUT2D eigenvalue weighted by Crippen LogP contribution is -2.54. The molecule has 0 aliphatic heterocycles. The van der Waals surface area contributed by atoms with Gasteiger partial charge in [0.2, 0.25) is 11.8 Å². The van der Waals surface area contributed by atoms with Gasteiger partial charge in [-0.2, -0.15) is 0 Å². The summed E-state index contributed by atoms with van der Waals surface area (Å²) in [6.45, 7) is 1.23. The molecule has 0 bridgehead atoms. The molecule has 2 rings (SSSR count). The molecule has 2 amide bonds. The number of benzene rings is 1. The van der Waals surface area contributed by atoms with E-state index in [4.69, 9.17) is 4.74 Å². The van der Waals surface area contributed by atoms with Crippen LogP contribution in [0.15, 0.2) is 24.3 Å². The van der Waals surface area contributed by atoms with Crippen molar-refractivity contribution in [1.29, 1.82) is 0 Å². The maximum atomic E-state index is 13.2. The van der Waals surface area contributed by atoms with Crippen LogP contribution in [0.25, 0.3) is 0 Å². The lowest BCUT2D eigenvalue weighted by atomic mass is 9.89. The second-order valence-electron chi connectivity index (χ2n) is 6.02. The minimum Gasteiger partial charge on any atom is -0.488 e. The first kappa shape index (κ1) is 18.2. The molecule has 0 radical (unpaired) electrons. The van der Waals surface area contributed by atoms with Crippen LogP contribution >= 0.6 is 0 Å². The highest BCUT2D eigenvalue weighted by molar-refractivity contribution is 5.83. The first-order valence-corrected chi connectivity index (χ1v) is 7.99. The fourth-order valence-electron chi connectivity index (χ4n) is 2.89. The number of ether oxygens (including phenoxy) is 1. The van der Waals surface area contributed by atoms with Gasteiger partial charge in [-0.25, -0.2) is 4.39 Å². The third-order valence-corrected chi connectivity index (χ3v) is 4.23. The predicted molar refractivity (Wildman–Crippen MR) is 85.9 cm³/mol. The van der Waals surface area contributed by atoms with Crippen molar-refractivity contribution in [3.63, 3.8) is 0 Å². The lowest BCUT2D eigenvalue weighted by Gasteiger charge is -2.39. The molecule has 1 fully saturated rings. The van der Waals surface area contributed by atoms with E-state index in [-0.39, 0.29) is 18.4 Å². The summed E-state index contributed by atoms with van der Waals surface area (Å²) in [6, 6.07) is 5.35. The molecule has 1 aliphatic carbocycles. The van der Waals surface area contributed by atoms with Gasteiger partial charge >= 0.3 is 0 Å². The molecule has 0 unspecified atom stereocenters. The second kappa shape index (κ2) is 8.10. The number of amides is 2. The van der Waals surface area contributed by atoms with Crippen LogP contribution in [-0.4, -0.2) is 53.7 Å². The largest absolute Gasteiger partial charge is 0.488 e. The van der Waals surface area contributed by atoms with E-state index in [1.165, 1.54) is 24.0 Å². The molecule has 3 atom stereocenters. The molecule has 1 saturated carbocycles. The van der Waals surface area contributed by atoms with Gasteiger partial charge in [-0.05, 0) is 31.4 Å². The van der Waals surface area contributed by atoms with E-state index in [0.29, 0.717) is 18.6 Å². The molecule has 1 aromatic carbocycles. The summed E-state index contributed by atoms with van der Waals surface area (Å²) in [4.78, 5) is 24.5. The Morgan fingerprint density at radius 2 is 2.17 bits per heavy atom. The molecule has 24 heavy (non-hydrogen) atoms. The van der Waals surface area contributed by atoms with Crippen molar-refractivity contribution in [1.82, 2.24) is 10.2 Å². The van der Waals surface area contributed by atoms with Crippen LogP contribution in [0.5, 0.6) is 5.75 Å². The summed E-state index contributed by atoms with van der Waals surface area (Å²) < 4.78 is 19.0. The quantitative estimate of drug-likeness (QED) is 0.842. The number of rotatable bonds is 5. The first-order valence-electron chi connectivity index (χ1n) is 7.99. The highest BCUT2D eigenvalue weighted by Gasteiger charge is 2.37. The Balaban J connectivity index is 1.99. The van der Waals surface area contributed by atoms with Crippen LogP contribution in [0.1, 0.15) is 26.2 Å². The van der Waals surface area contributed by atoms with E-state index in [2.05, 4.69) is 5.32 Å². The maximum absolute atomic E-state index is 13.2. The van der Waals surface area contributed by atoms with Crippen molar-refractivity contribution in [3.05, 3.63) is 30.1 Å². The molecule has 0 aromatic heterocycles. The minimum atomic E-state index is -0.881. The molecule has 1 aromatic rings. The number of aliphatic hydroxyl groups excluding tert-OH is 1. The average molecular weight is 338 g/mol. The summed E-state index contributed by atoms with van der Waals surface area (Å²) >= 11 is 0. The maximum Gasteiger partial charge on any atom is 0.242 e. The Hall–Kier alpha value is -2.15. The zero-order chi connectivity index (χ0) is 17.7. The predicted octanol–water partition coefficient (Wildman–Crippen LogP) is 1.08. The lowest BCUT2D eigenvalue weighted by molar-refractivity contribution is -0.138. The number of carbonyl (C=O) groups excluding carboxylic acids is 2. The zero-order valence-electron chi connectivity index (χ0n) is 13.9. The van der Waals surface area contributed by atoms with Crippen LogP contribution in [-0.2, 0) is 9.59 Å². The second-order valence-corrected chi connectivity index (χ2v) is 6.02. The number of likely N-dealkylation sites (N-methyl/N-ethyl adjacent to an activating group) is 1. The van der Waals surface area contributed by atoms with E-state index in [0.717, 1.165) is 6.42 Å². The molecular formula is C17H23FN2O4. The Labute approximate surface area is 140 Å². The van der Waals surface area contributed by atoms with Crippen molar-refractivity contribution in [3.8, 4) is 5.75 Å². The molecule has 6 nitrogen and oxygen atoms in total. The van der Waals surface area contributed by atoms with Gasteiger partial charge in [0.1, 0.15) is 23.8 Å². The summed E-state index contributed by atoms with van der Waals surface area (Å²) in [5, 5.41) is 13.0. The fourth-order valence-corrected chi connectivity index (χ4v) is 2.89. The van der Waals surface area contributed by atoms with Gasteiger partial charge in [-0.15, -0.1) is 0 Å². The molecule has 1 aliphatic rings. The number of nitrogens with one attached hydrogen (secondary N) is 1. The van der Waals surface area contributed by atoms with Crippen LogP contribution in [0.2, 0.25) is 0 Å². The van der Waals surface area contributed by atoms with Gasteiger partial charge in [0.05, 0.1) is 12.6 Å². The fraction of sp³-hybridized carbons (Fsp3) is 0.529. The smallest absolute Gasteiger partial charge is 0.242 e. The van der Waals surface area contributed by atoms with Gasteiger partial charge in [0, 0.05) is 20.0 Å². The number of carbonyl (C=O) groups is 2. The topological polar surface area (TPSA) is 78.9 Å². The molecule has 0 saturated heterocycles. The summed E-state index contributed by atoms with van der Waals surface area (Å²) in [5.41, 5.74) is 0. The zero-order valence-corrected chi connectivity index (χ0v) is 13.9. The SMILES string of the molecule is CC(=O)NCC(=O)N(C)[C@@H]1CCC[C@H](Oc2cccc(F)c2)[C@H]1O. The molecule has 2 N–H and O–H groups in total. The normalized spacial score (nSPS) is 23.4. The average Bonchev–Trinajstić information content (AvgIpc) is 2.54. The Morgan fingerprint density at radius 1 is 1.42 bits per heavy atom. The summed E-state index contributed by atoms with van der Waals surface area (Å²) in [7, 11) is 1.60. The summed E-state index contributed by atoms with van der Waals surface area (Å²) in [5.74, 6) is -0.613.